The van der Waals surface area contributed by atoms with Gasteiger partial charge in [0.25, 0.3) is 0 Å². The third-order valence-corrected chi connectivity index (χ3v) is 6.63. The van der Waals surface area contributed by atoms with Gasteiger partial charge in [0.1, 0.15) is 5.52 Å². The predicted octanol–water partition coefficient (Wildman–Crippen LogP) is 4.36. The highest BCUT2D eigenvalue weighted by Gasteiger charge is 2.28. The van der Waals surface area contributed by atoms with Crippen molar-refractivity contribution in [2.24, 2.45) is 0 Å². The summed E-state index contributed by atoms with van der Waals surface area (Å²) in [5.41, 5.74) is 8.35. The molecule has 2 aliphatic heterocycles. The summed E-state index contributed by atoms with van der Waals surface area (Å²) in [7, 11) is 0. The third kappa shape index (κ3) is 4.80. The molecule has 0 saturated heterocycles. The molecule has 2 aliphatic rings. The SMILES string of the molecule is CCNC(C)Nc1nc2c(N3C=CCN3)cc(C3C=CN(C(C)c4ccccc4)C(=O)C3)cc2[nH]1. The van der Waals surface area contributed by atoms with Crippen LogP contribution in [-0.2, 0) is 4.79 Å². The van der Waals surface area contributed by atoms with E-state index in [4.69, 9.17) is 4.98 Å². The molecule has 1 aromatic heterocycles. The number of allylic oxidation sites excluding steroid dienone is 1. The summed E-state index contributed by atoms with van der Waals surface area (Å²) in [4.78, 5) is 23.3. The zero-order valence-corrected chi connectivity index (χ0v) is 20.5. The van der Waals surface area contributed by atoms with E-state index in [0.717, 1.165) is 40.9 Å². The maximum Gasteiger partial charge on any atom is 0.227 e. The molecule has 4 N–H and O–H groups in total. The lowest BCUT2D eigenvalue weighted by Gasteiger charge is -2.31. The Hall–Kier alpha value is -3.62. The van der Waals surface area contributed by atoms with Gasteiger partial charge in [-0.1, -0.05) is 49.4 Å². The lowest BCUT2D eigenvalue weighted by Crippen LogP contribution is -2.33. The predicted molar refractivity (Wildman–Crippen MR) is 141 cm³/mol. The van der Waals surface area contributed by atoms with Crippen molar-refractivity contribution >= 4 is 28.6 Å². The number of anilines is 2. The topological polar surface area (TPSA) is 88.3 Å². The van der Waals surface area contributed by atoms with Crippen LogP contribution < -0.4 is 21.1 Å². The van der Waals surface area contributed by atoms with E-state index >= 15 is 0 Å². The molecule has 3 heterocycles. The van der Waals surface area contributed by atoms with E-state index in [-0.39, 0.29) is 24.0 Å². The molecule has 5 rings (SSSR count). The van der Waals surface area contributed by atoms with Crippen molar-refractivity contribution in [2.75, 3.05) is 23.4 Å². The van der Waals surface area contributed by atoms with Gasteiger partial charge in [-0.3, -0.25) is 15.1 Å². The molecule has 0 bridgehead atoms. The van der Waals surface area contributed by atoms with Gasteiger partial charge in [0.05, 0.1) is 23.4 Å². The van der Waals surface area contributed by atoms with Crippen LogP contribution in [0.15, 0.2) is 67.0 Å². The highest BCUT2D eigenvalue weighted by atomic mass is 16.2. The Balaban J connectivity index is 1.46. The molecule has 0 fully saturated rings. The fourth-order valence-electron chi connectivity index (χ4n) is 4.78. The summed E-state index contributed by atoms with van der Waals surface area (Å²) in [6.07, 6.45) is 8.70. The summed E-state index contributed by atoms with van der Waals surface area (Å²) in [6.45, 7) is 7.85. The standard InChI is InChI=1S/C27H33N7O/c1-4-28-19(3)30-27-31-23-15-22(16-24(26(23)32-27)34-13-8-12-29-34)21-11-14-33(25(35)17-21)18(2)20-9-6-5-7-10-20/h5-11,13-16,18-19,21,28-29H,4,12,17H2,1-3H3,(H2,30,31,32). The summed E-state index contributed by atoms with van der Waals surface area (Å²) in [5.74, 6) is 0.839. The average molecular weight is 472 g/mol. The first kappa shape index (κ1) is 23.1. The van der Waals surface area contributed by atoms with Crippen molar-refractivity contribution in [3.63, 3.8) is 0 Å². The van der Waals surface area contributed by atoms with Gasteiger partial charge >= 0.3 is 0 Å². The van der Waals surface area contributed by atoms with Crippen LogP contribution in [0, 0.1) is 0 Å². The average Bonchev–Trinajstić information content (AvgIpc) is 3.53. The number of H-pyrrole nitrogens is 1. The van der Waals surface area contributed by atoms with Crippen LogP contribution in [0.2, 0.25) is 0 Å². The number of hydrogen-bond donors (Lipinski definition) is 4. The fraction of sp³-hybridized carbons (Fsp3) is 0.333. The first-order valence-electron chi connectivity index (χ1n) is 12.3. The van der Waals surface area contributed by atoms with Gasteiger partial charge in [-0.2, -0.15) is 0 Å². The molecule has 0 spiro atoms. The Morgan fingerprint density at radius 1 is 1.17 bits per heavy atom. The summed E-state index contributed by atoms with van der Waals surface area (Å²) in [6, 6.07) is 14.4. The highest BCUT2D eigenvalue weighted by molar-refractivity contribution is 5.92. The molecular weight excluding hydrogens is 438 g/mol. The largest absolute Gasteiger partial charge is 0.341 e. The van der Waals surface area contributed by atoms with Gasteiger partial charge in [0, 0.05) is 31.3 Å². The Bertz CT molecular complexity index is 1250. The van der Waals surface area contributed by atoms with Crippen LogP contribution in [0.3, 0.4) is 0 Å². The number of aromatic nitrogens is 2. The number of carbonyl (C=O) groups is 1. The van der Waals surface area contributed by atoms with Gasteiger partial charge in [-0.05, 0) is 43.7 Å². The minimum absolute atomic E-state index is 0.00200. The monoisotopic (exact) mass is 471 g/mol. The van der Waals surface area contributed by atoms with Crippen molar-refractivity contribution in [3.05, 3.63) is 78.1 Å². The molecule has 3 aromatic rings. The zero-order valence-electron chi connectivity index (χ0n) is 20.5. The van der Waals surface area contributed by atoms with Gasteiger partial charge in [0.15, 0.2) is 0 Å². The zero-order chi connectivity index (χ0) is 24.4. The van der Waals surface area contributed by atoms with E-state index in [1.54, 1.807) is 0 Å². The molecule has 182 valence electrons. The van der Waals surface area contributed by atoms with E-state index < -0.39 is 0 Å². The van der Waals surface area contributed by atoms with Crippen molar-refractivity contribution < 1.29 is 4.79 Å². The Morgan fingerprint density at radius 3 is 2.71 bits per heavy atom. The first-order chi connectivity index (χ1) is 17.0. The lowest BCUT2D eigenvalue weighted by atomic mass is 9.91. The first-order valence-corrected chi connectivity index (χ1v) is 12.3. The number of nitrogens with zero attached hydrogens (tertiary/aromatic N) is 3. The maximum atomic E-state index is 13.2. The second kappa shape index (κ2) is 9.93. The van der Waals surface area contributed by atoms with Crippen molar-refractivity contribution in [1.29, 1.82) is 0 Å². The molecule has 0 saturated carbocycles. The van der Waals surface area contributed by atoms with Gasteiger partial charge in [-0.15, -0.1) is 0 Å². The Labute approximate surface area is 206 Å². The number of nitrogens with one attached hydrogen (secondary N) is 4. The van der Waals surface area contributed by atoms with Crippen LogP contribution >= 0.6 is 0 Å². The molecule has 8 heteroatoms. The van der Waals surface area contributed by atoms with Gasteiger partial charge in [-0.25, -0.2) is 10.4 Å². The quantitative estimate of drug-likeness (QED) is 0.365. The van der Waals surface area contributed by atoms with Crippen LogP contribution in [0.4, 0.5) is 11.6 Å². The molecule has 3 atom stereocenters. The smallest absolute Gasteiger partial charge is 0.227 e. The van der Waals surface area contributed by atoms with Crippen LogP contribution in [0.25, 0.3) is 11.0 Å². The van der Waals surface area contributed by atoms with Crippen LogP contribution in [0.1, 0.15) is 50.3 Å². The van der Waals surface area contributed by atoms with Crippen molar-refractivity contribution in [1.82, 2.24) is 25.6 Å². The molecule has 35 heavy (non-hydrogen) atoms. The number of hydrogen-bond acceptors (Lipinski definition) is 6. The minimum atomic E-state index is -0.00292. The number of aromatic amines is 1. The number of carbonyl (C=O) groups excluding carboxylic acids is 1. The van der Waals surface area contributed by atoms with E-state index in [2.05, 4.69) is 78.2 Å². The second-order valence-corrected chi connectivity index (χ2v) is 9.10. The molecule has 2 aromatic carbocycles. The number of benzene rings is 2. The van der Waals surface area contributed by atoms with Crippen LogP contribution in [-0.4, -0.2) is 40.0 Å². The van der Waals surface area contributed by atoms with Crippen molar-refractivity contribution in [3.8, 4) is 0 Å². The highest BCUT2D eigenvalue weighted by Crippen LogP contribution is 2.36. The van der Waals surface area contributed by atoms with Gasteiger partial charge < -0.3 is 15.2 Å². The normalized spacial score (nSPS) is 19.5. The fourth-order valence-corrected chi connectivity index (χ4v) is 4.78. The molecular formula is C27H33N7O. The third-order valence-electron chi connectivity index (χ3n) is 6.63. The van der Waals surface area contributed by atoms with Crippen molar-refractivity contribution in [2.45, 2.75) is 45.3 Å². The summed E-state index contributed by atoms with van der Waals surface area (Å²) < 4.78 is 0. The lowest BCUT2D eigenvalue weighted by molar-refractivity contribution is -0.131. The molecule has 1 amide bonds. The molecule has 3 unspecified atom stereocenters. The second-order valence-electron chi connectivity index (χ2n) is 9.10. The van der Waals surface area contributed by atoms with E-state index in [1.807, 2.05) is 40.5 Å². The number of hydrazine groups is 1. The van der Waals surface area contributed by atoms with Gasteiger partial charge in [0.2, 0.25) is 11.9 Å². The summed E-state index contributed by atoms with van der Waals surface area (Å²) in [5, 5.41) is 8.73. The summed E-state index contributed by atoms with van der Waals surface area (Å²) >= 11 is 0. The maximum absolute atomic E-state index is 13.2. The minimum Gasteiger partial charge on any atom is -0.341 e. The molecule has 0 radical (unpaired) electrons. The number of imidazole rings is 1. The van der Waals surface area contributed by atoms with E-state index in [0.29, 0.717) is 12.4 Å². The Morgan fingerprint density at radius 2 is 2.00 bits per heavy atom. The number of amides is 1. The van der Waals surface area contributed by atoms with Crippen LogP contribution in [0.5, 0.6) is 0 Å². The van der Waals surface area contributed by atoms with E-state index in [1.165, 1.54) is 0 Å². The number of rotatable bonds is 8. The Kier molecular flexibility index (Phi) is 6.57. The molecule has 8 nitrogen and oxygen atoms in total. The van der Waals surface area contributed by atoms with E-state index in [9.17, 15) is 4.79 Å². The number of fused-ring (bicyclic) bond motifs is 1. The molecule has 0 aliphatic carbocycles.